The molecule has 0 aromatic heterocycles. The first-order chi connectivity index (χ1) is 9.16. The molecule has 0 radical (unpaired) electrons. The van der Waals surface area contributed by atoms with Gasteiger partial charge in [-0.05, 0) is 30.4 Å². The smallest absolute Gasteiger partial charge is 0.228 e. The average Bonchev–Trinajstić information content (AvgIpc) is 2.99. The Hall–Kier alpha value is -2.10. The number of carbonyl (C=O) groups is 2. The summed E-state index contributed by atoms with van der Waals surface area (Å²) in [6.45, 7) is 0. The van der Waals surface area contributed by atoms with Gasteiger partial charge in [-0.1, -0.05) is 30.4 Å². The van der Waals surface area contributed by atoms with Crippen molar-refractivity contribution < 1.29 is 14.7 Å². The lowest BCUT2D eigenvalue weighted by Crippen LogP contribution is -2.42. The van der Waals surface area contributed by atoms with Gasteiger partial charge < -0.3 is 15.2 Å². The van der Waals surface area contributed by atoms with Crippen LogP contribution in [-0.2, 0) is 9.59 Å². The molecule has 4 nitrogen and oxygen atoms in total. The van der Waals surface area contributed by atoms with Gasteiger partial charge in [0.05, 0.1) is 5.92 Å². The Morgan fingerprint density at radius 3 is 2.32 bits per heavy atom. The molecule has 1 amide bonds. The van der Waals surface area contributed by atoms with E-state index in [4.69, 9.17) is 0 Å². The van der Waals surface area contributed by atoms with Crippen molar-refractivity contribution in [2.45, 2.75) is 6.42 Å². The number of anilines is 1. The van der Waals surface area contributed by atoms with E-state index >= 15 is 0 Å². The minimum Gasteiger partial charge on any atom is -0.550 e. The molecule has 1 aromatic rings. The van der Waals surface area contributed by atoms with Crippen molar-refractivity contribution in [2.75, 3.05) is 5.32 Å². The number of hydrogen-bond donors (Lipinski definition) is 1. The Balaban J connectivity index is 1.79. The predicted octanol–water partition coefficient (Wildman–Crippen LogP) is 0.813. The number of para-hydroxylation sites is 1. The van der Waals surface area contributed by atoms with Crippen LogP contribution in [0.25, 0.3) is 0 Å². The Kier molecular flexibility index (Phi) is 2.85. The monoisotopic (exact) mass is 256 g/mol. The van der Waals surface area contributed by atoms with Gasteiger partial charge in [0.25, 0.3) is 0 Å². The Morgan fingerprint density at radius 2 is 1.68 bits per heavy atom. The molecule has 0 spiro atoms. The van der Waals surface area contributed by atoms with Gasteiger partial charge in [-0.3, -0.25) is 4.79 Å². The maximum atomic E-state index is 12.3. The molecule has 3 rings (SSSR count). The van der Waals surface area contributed by atoms with E-state index in [0.29, 0.717) is 5.69 Å². The van der Waals surface area contributed by atoms with Crippen molar-refractivity contribution in [1.82, 2.24) is 0 Å². The first-order valence-corrected chi connectivity index (χ1v) is 6.42. The molecule has 19 heavy (non-hydrogen) atoms. The zero-order chi connectivity index (χ0) is 13.4. The van der Waals surface area contributed by atoms with Crippen LogP contribution >= 0.6 is 0 Å². The summed E-state index contributed by atoms with van der Waals surface area (Å²) < 4.78 is 0. The molecular formula is C15H14NO3-. The minimum absolute atomic E-state index is 0.0246. The highest BCUT2D eigenvalue weighted by Crippen LogP contribution is 2.48. The third kappa shape index (κ3) is 2.03. The molecule has 0 saturated heterocycles. The van der Waals surface area contributed by atoms with E-state index < -0.39 is 17.8 Å². The van der Waals surface area contributed by atoms with Gasteiger partial charge in [-0.15, -0.1) is 0 Å². The number of nitrogens with one attached hydrogen (secondary N) is 1. The van der Waals surface area contributed by atoms with Crippen molar-refractivity contribution in [3.8, 4) is 0 Å². The Morgan fingerprint density at radius 1 is 1.05 bits per heavy atom. The minimum atomic E-state index is -1.12. The van der Waals surface area contributed by atoms with Crippen molar-refractivity contribution >= 4 is 17.6 Å². The lowest BCUT2D eigenvalue weighted by Gasteiger charge is -2.27. The molecule has 1 N–H and O–H groups in total. The van der Waals surface area contributed by atoms with Crippen LogP contribution in [0.5, 0.6) is 0 Å². The lowest BCUT2D eigenvalue weighted by molar-refractivity contribution is -0.313. The van der Waals surface area contributed by atoms with Crippen LogP contribution in [0.3, 0.4) is 0 Å². The normalized spacial score (nSPS) is 31.4. The zero-order valence-corrected chi connectivity index (χ0v) is 10.3. The SMILES string of the molecule is O=C([O-])[C@@H]1[C@H](C(=O)Nc2ccccc2)[C@H]2C=C[C@H]1C2. The highest BCUT2D eigenvalue weighted by atomic mass is 16.4. The van der Waals surface area contributed by atoms with Crippen LogP contribution in [-0.4, -0.2) is 11.9 Å². The van der Waals surface area contributed by atoms with Crippen LogP contribution in [0.2, 0.25) is 0 Å². The third-order valence-corrected chi connectivity index (χ3v) is 4.08. The summed E-state index contributed by atoms with van der Waals surface area (Å²) in [5.74, 6) is -2.58. The first kappa shape index (κ1) is 12.0. The van der Waals surface area contributed by atoms with Gasteiger partial charge in [0.1, 0.15) is 0 Å². The first-order valence-electron chi connectivity index (χ1n) is 6.42. The number of carbonyl (C=O) groups excluding carboxylic acids is 2. The molecule has 2 aliphatic carbocycles. The van der Waals surface area contributed by atoms with Crippen molar-refractivity contribution in [3.05, 3.63) is 42.5 Å². The quantitative estimate of drug-likeness (QED) is 0.814. The number of fused-ring (bicyclic) bond motifs is 2. The molecule has 2 aliphatic rings. The second-order valence-corrected chi connectivity index (χ2v) is 5.17. The summed E-state index contributed by atoms with van der Waals surface area (Å²) in [5, 5.41) is 14.0. The Bertz CT molecular complexity index is 538. The largest absolute Gasteiger partial charge is 0.550 e. The summed E-state index contributed by atoms with van der Waals surface area (Å²) in [4.78, 5) is 23.5. The number of aliphatic carboxylic acids is 1. The van der Waals surface area contributed by atoms with Crippen LogP contribution < -0.4 is 10.4 Å². The maximum absolute atomic E-state index is 12.3. The fourth-order valence-electron chi connectivity index (χ4n) is 3.25. The average molecular weight is 256 g/mol. The highest BCUT2D eigenvalue weighted by Gasteiger charge is 2.48. The van der Waals surface area contributed by atoms with E-state index in [1.165, 1.54) is 0 Å². The third-order valence-electron chi connectivity index (χ3n) is 4.08. The molecule has 2 bridgehead atoms. The molecular weight excluding hydrogens is 242 g/mol. The summed E-state index contributed by atoms with van der Waals surface area (Å²) >= 11 is 0. The number of amides is 1. The molecule has 0 aliphatic heterocycles. The van der Waals surface area contributed by atoms with Crippen LogP contribution in [0, 0.1) is 23.7 Å². The van der Waals surface area contributed by atoms with Crippen LogP contribution in [0.15, 0.2) is 42.5 Å². The molecule has 1 aromatic carbocycles. The summed E-state index contributed by atoms with van der Waals surface area (Å²) in [6.07, 6.45) is 4.60. The number of hydrogen-bond acceptors (Lipinski definition) is 3. The molecule has 98 valence electrons. The maximum Gasteiger partial charge on any atom is 0.228 e. The van der Waals surface area contributed by atoms with Crippen molar-refractivity contribution in [3.63, 3.8) is 0 Å². The molecule has 4 atom stereocenters. The fourth-order valence-corrected chi connectivity index (χ4v) is 3.25. The van der Waals surface area contributed by atoms with Gasteiger partial charge >= 0.3 is 0 Å². The van der Waals surface area contributed by atoms with Gasteiger partial charge in [0, 0.05) is 17.6 Å². The van der Waals surface area contributed by atoms with E-state index in [2.05, 4.69) is 5.32 Å². The van der Waals surface area contributed by atoms with E-state index in [-0.39, 0.29) is 17.7 Å². The highest BCUT2D eigenvalue weighted by molar-refractivity contribution is 5.96. The molecule has 1 fully saturated rings. The number of allylic oxidation sites excluding steroid dienone is 2. The molecule has 1 saturated carbocycles. The second kappa shape index (κ2) is 4.53. The van der Waals surface area contributed by atoms with Crippen LogP contribution in [0.4, 0.5) is 5.69 Å². The van der Waals surface area contributed by atoms with Gasteiger partial charge in [0.15, 0.2) is 0 Å². The van der Waals surface area contributed by atoms with E-state index in [1.54, 1.807) is 12.1 Å². The van der Waals surface area contributed by atoms with E-state index in [9.17, 15) is 14.7 Å². The number of carboxylic acids is 1. The molecule has 4 heteroatoms. The number of carboxylic acid groups (broad SMARTS) is 1. The van der Waals surface area contributed by atoms with Gasteiger partial charge in [-0.2, -0.15) is 0 Å². The van der Waals surface area contributed by atoms with Crippen molar-refractivity contribution in [2.24, 2.45) is 23.7 Å². The standard InChI is InChI=1S/C15H15NO3/c17-14(16-11-4-2-1-3-5-11)12-9-6-7-10(8-9)13(12)15(18)19/h1-7,9-10,12-13H,8H2,(H,16,17)(H,18,19)/p-1/t9-,10-,12+,13-/m0/s1. The Labute approximate surface area is 111 Å². The topological polar surface area (TPSA) is 69.2 Å². The van der Waals surface area contributed by atoms with E-state index in [0.717, 1.165) is 6.42 Å². The van der Waals surface area contributed by atoms with E-state index in [1.807, 2.05) is 30.4 Å². The summed E-state index contributed by atoms with van der Waals surface area (Å²) in [5.41, 5.74) is 0.691. The molecule has 0 heterocycles. The van der Waals surface area contributed by atoms with Crippen LogP contribution in [0.1, 0.15) is 6.42 Å². The van der Waals surface area contributed by atoms with Crippen molar-refractivity contribution in [1.29, 1.82) is 0 Å². The van der Waals surface area contributed by atoms with Gasteiger partial charge in [0.2, 0.25) is 5.91 Å². The van der Waals surface area contributed by atoms with Gasteiger partial charge in [-0.25, -0.2) is 0 Å². The second-order valence-electron chi connectivity index (χ2n) is 5.17. The predicted molar refractivity (Wildman–Crippen MR) is 67.8 cm³/mol. The fraction of sp³-hybridized carbons (Fsp3) is 0.333. The molecule has 0 unspecified atom stereocenters. The number of rotatable bonds is 3. The summed E-state index contributed by atoms with van der Waals surface area (Å²) in [7, 11) is 0. The number of benzene rings is 1. The zero-order valence-electron chi connectivity index (χ0n) is 10.3. The summed E-state index contributed by atoms with van der Waals surface area (Å²) in [6, 6.07) is 9.09. The lowest BCUT2D eigenvalue weighted by atomic mass is 9.82.